The summed E-state index contributed by atoms with van der Waals surface area (Å²) in [5.74, 6) is -0.674. The van der Waals surface area contributed by atoms with E-state index < -0.39 is 6.04 Å². The zero-order chi connectivity index (χ0) is 19.3. The highest BCUT2D eigenvalue weighted by molar-refractivity contribution is 6.18. The number of benzene rings is 2. The van der Waals surface area contributed by atoms with Gasteiger partial charge in [0, 0.05) is 18.4 Å². The lowest BCUT2D eigenvalue weighted by atomic mass is 10.0. The van der Waals surface area contributed by atoms with E-state index in [0.717, 1.165) is 22.6 Å². The Morgan fingerprint density at radius 3 is 2.26 bits per heavy atom. The summed E-state index contributed by atoms with van der Waals surface area (Å²) in [4.78, 5) is 27.4. The third-order valence-electron chi connectivity index (χ3n) is 5.25. The van der Waals surface area contributed by atoms with E-state index in [1.54, 1.807) is 17.0 Å². The van der Waals surface area contributed by atoms with Gasteiger partial charge in [0.25, 0.3) is 5.91 Å². The normalized spacial score (nSPS) is 15.9. The monoisotopic (exact) mass is 362 g/mol. The lowest BCUT2D eigenvalue weighted by Gasteiger charge is -2.27. The summed E-state index contributed by atoms with van der Waals surface area (Å²) in [7, 11) is 1.86. The van der Waals surface area contributed by atoms with Gasteiger partial charge in [-0.2, -0.15) is 0 Å². The minimum Gasteiger partial charge on any atom is -0.348 e. The highest BCUT2D eigenvalue weighted by Gasteiger charge is 2.44. The minimum absolute atomic E-state index is 0.134. The van der Waals surface area contributed by atoms with E-state index in [4.69, 9.17) is 0 Å². The average molecular weight is 362 g/mol. The molecule has 136 valence electrons. The average Bonchev–Trinajstić information content (AvgIpc) is 3.09. The third kappa shape index (κ3) is 2.50. The molecular weight excluding hydrogens is 343 g/mol. The summed E-state index contributed by atoms with van der Waals surface area (Å²) in [5, 5.41) is 0. The van der Waals surface area contributed by atoms with Crippen LogP contribution in [-0.2, 0) is 7.05 Å². The van der Waals surface area contributed by atoms with Crippen LogP contribution >= 0.6 is 0 Å². The molecule has 1 atom stereocenters. The van der Waals surface area contributed by atoms with Crippen LogP contribution in [0.15, 0.2) is 54.6 Å². The molecule has 0 radical (unpaired) electrons. The highest BCUT2D eigenvalue weighted by Crippen LogP contribution is 2.44. The molecule has 1 aliphatic rings. The van der Waals surface area contributed by atoms with Gasteiger partial charge in [-0.05, 0) is 43.7 Å². The molecule has 1 aliphatic heterocycles. The third-order valence-corrected chi connectivity index (χ3v) is 5.25. The number of amides is 1. The van der Waals surface area contributed by atoms with Crippen LogP contribution in [0.25, 0.3) is 0 Å². The molecule has 0 fully saturated rings. The van der Waals surface area contributed by atoms with E-state index in [1.807, 2.05) is 48.9 Å². The predicted octanol–water partition coefficient (Wildman–Crippen LogP) is 4.43. The Balaban J connectivity index is 2.01. The number of rotatable bonds is 3. The Hall–Kier alpha value is -3.21. The summed E-state index contributed by atoms with van der Waals surface area (Å²) >= 11 is 0. The predicted molar refractivity (Wildman–Crippen MR) is 102 cm³/mol. The van der Waals surface area contributed by atoms with Crippen molar-refractivity contribution < 1.29 is 14.0 Å². The van der Waals surface area contributed by atoms with Gasteiger partial charge in [0.1, 0.15) is 11.9 Å². The van der Waals surface area contributed by atoms with Crippen molar-refractivity contribution in [3.8, 4) is 0 Å². The maximum atomic E-state index is 13.5. The topological polar surface area (TPSA) is 42.3 Å². The second-order valence-corrected chi connectivity index (χ2v) is 6.80. The molecule has 1 unspecified atom stereocenters. The number of nitrogens with zero attached hydrogens (tertiary/aromatic N) is 2. The van der Waals surface area contributed by atoms with Gasteiger partial charge in [0.05, 0.1) is 16.8 Å². The van der Waals surface area contributed by atoms with E-state index in [1.165, 1.54) is 19.1 Å². The largest absolute Gasteiger partial charge is 0.348 e. The number of fused-ring (bicyclic) bond motifs is 1. The van der Waals surface area contributed by atoms with Crippen LogP contribution in [0.4, 0.5) is 10.1 Å². The van der Waals surface area contributed by atoms with Crippen molar-refractivity contribution in [2.75, 3.05) is 4.90 Å². The molecule has 0 N–H and O–H groups in total. The van der Waals surface area contributed by atoms with Gasteiger partial charge in [-0.3, -0.25) is 14.5 Å². The first kappa shape index (κ1) is 17.2. The molecule has 0 saturated carbocycles. The molecule has 4 nitrogen and oxygen atoms in total. The number of carbonyl (C=O) groups excluding carboxylic acids is 2. The molecule has 0 bridgehead atoms. The number of hydrogen-bond acceptors (Lipinski definition) is 2. The molecule has 2 heterocycles. The fourth-order valence-electron chi connectivity index (χ4n) is 3.96. The van der Waals surface area contributed by atoms with Crippen LogP contribution in [0.1, 0.15) is 50.6 Å². The Labute approximate surface area is 156 Å². The molecule has 0 saturated heterocycles. The number of halogens is 1. The Kier molecular flexibility index (Phi) is 3.95. The molecule has 2 aromatic carbocycles. The van der Waals surface area contributed by atoms with Gasteiger partial charge >= 0.3 is 0 Å². The van der Waals surface area contributed by atoms with Gasteiger partial charge in [0.2, 0.25) is 0 Å². The summed E-state index contributed by atoms with van der Waals surface area (Å²) < 4.78 is 15.4. The smallest absolute Gasteiger partial charge is 0.261 e. The number of Topliss-reactive ketones (excluding diaryl/α,β-unsaturated/α-hetero) is 1. The SMILES string of the molecule is CC(=O)c1c2c(n(C)c1C)C(c1ccc(F)cc1)N(c1ccccc1)C2=O. The van der Waals surface area contributed by atoms with E-state index in [2.05, 4.69) is 0 Å². The molecule has 27 heavy (non-hydrogen) atoms. The van der Waals surface area contributed by atoms with Crippen molar-refractivity contribution >= 4 is 17.4 Å². The summed E-state index contributed by atoms with van der Waals surface area (Å²) in [6.07, 6.45) is 0. The standard InChI is InChI=1S/C22H19FN2O2/c1-13-18(14(2)26)19-21(24(13)3)20(15-9-11-16(23)12-10-15)25(22(19)27)17-7-5-4-6-8-17/h4-12,20H,1-3H3. The number of anilines is 1. The molecule has 0 aliphatic carbocycles. The molecule has 5 heteroatoms. The number of para-hydroxylation sites is 1. The lowest BCUT2D eigenvalue weighted by Crippen LogP contribution is -2.30. The van der Waals surface area contributed by atoms with Crippen molar-refractivity contribution in [2.45, 2.75) is 19.9 Å². The van der Waals surface area contributed by atoms with Crippen molar-refractivity contribution in [1.29, 1.82) is 0 Å². The Morgan fingerprint density at radius 2 is 1.67 bits per heavy atom. The van der Waals surface area contributed by atoms with Crippen molar-refractivity contribution in [1.82, 2.24) is 4.57 Å². The van der Waals surface area contributed by atoms with Crippen LogP contribution in [0.5, 0.6) is 0 Å². The highest BCUT2D eigenvalue weighted by atomic mass is 19.1. The molecular formula is C22H19FN2O2. The first-order valence-electron chi connectivity index (χ1n) is 8.76. The number of aromatic nitrogens is 1. The number of hydrogen-bond donors (Lipinski definition) is 0. The van der Waals surface area contributed by atoms with E-state index >= 15 is 0 Å². The molecule has 0 spiro atoms. The van der Waals surface area contributed by atoms with Gasteiger partial charge < -0.3 is 4.57 Å². The quantitative estimate of drug-likeness (QED) is 0.647. The van der Waals surface area contributed by atoms with Crippen molar-refractivity contribution in [2.24, 2.45) is 7.05 Å². The zero-order valence-corrected chi connectivity index (χ0v) is 15.4. The van der Waals surface area contributed by atoms with E-state index in [-0.39, 0.29) is 17.5 Å². The van der Waals surface area contributed by atoms with Crippen molar-refractivity contribution in [3.63, 3.8) is 0 Å². The Morgan fingerprint density at radius 1 is 1.04 bits per heavy atom. The van der Waals surface area contributed by atoms with Gasteiger partial charge in [0.15, 0.2) is 5.78 Å². The van der Waals surface area contributed by atoms with Crippen LogP contribution in [0, 0.1) is 12.7 Å². The fraction of sp³-hybridized carbons (Fsp3) is 0.182. The first-order chi connectivity index (χ1) is 12.9. The van der Waals surface area contributed by atoms with Gasteiger partial charge in [-0.15, -0.1) is 0 Å². The van der Waals surface area contributed by atoms with Crippen LogP contribution in [0.3, 0.4) is 0 Å². The minimum atomic E-state index is -0.424. The molecule has 3 aromatic rings. The number of ketones is 1. The second kappa shape index (κ2) is 6.20. The number of carbonyl (C=O) groups is 2. The Bertz CT molecular complexity index is 1050. The summed E-state index contributed by atoms with van der Waals surface area (Å²) in [6, 6.07) is 15.1. The molecule has 1 amide bonds. The maximum absolute atomic E-state index is 13.5. The fourth-order valence-corrected chi connectivity index (χ4v) is 3.96. The lowest BCUT2D eigenvalue weighted by molar-refractivity contribution is 0.0970. The van der Waals surface area contributed by atoms with Crippen molar-refractivity contribution in [3.05, 3.63) is 88.5 Å². The van der Waals surface area contributed by atoms with Gasteiger partial charge in [-0.1, -0.05) is 30.3 Å². The van der Waals surface area contributed by atoms with Crippen LogP contribution in [-0.4, -0.2) is 16.3 Å². The summed E-state index contributed by atoms with van der Waals surface area (Å²) in [6.45, 7) is 3.32. The summed E-state index contributed by atoms with van der Waals surface area (Å²) in [5.41, 5.74) is 3.96. The van der Waals surface area contributed by atoms with Crippen LogP contribution < -0.4 is 4.90 Å². The first-order valence-corrected chi connectivity index (χ1v) is 8.76. The van der Waals surface area contributed by atoms with E-state index in [0.29, 0.717) is 11.1 Å². The van der Waals surface area contributed by atoms with E-state index in [9.17, 15) is 14.0 Å². The zero-order valence-electron chi connectivity index (χ0n) is 15.4. The van der Waals surface area contributed by atoms with Gasteiger partial charge in [-0.25, -0.2) is 4.39 Å². The molecule has 4 rings (SSSR count). The molecule has 1 aromatic heterocycles. The van der Waals surface area contributed by atoms with Crippen LogP contribution in [0.2, 0.25) is 0 Å². The second-order valence-electron chi connectivity index (χ2n) is 6.80. The maximum Gasteiger partial charge on any atom is 0.261 e.